The van der Waals surface area contributed by atoms with Crippen molar-refractivity contribution in [3.8, 4) is 0 Å². The molecule has 0 saturated carbocycles. The summed E-state index contributed by atoms with van der Waals surface area (Å²) in [6, 6.07) is 6.31. The Kier molecular flexibility index (Phi) is 5.06. The summed E-state index contributed by atoms with van der Waals surface area (Å²) in [6.07, 6.45) is 0. The van der Waals surface area contributed by atoms with Gasteiger partial charge in [0, 0.05) is 14.1 Å². The Labute approximate surface area is 113 Å². The second-order valence-corrected chi connectivity index (χ2v) is 5.00. The molecule has 1 aromatic carbocycles. The van der Waals surface area contributed by atoms with Crippen molar-refractivity contribution < 1.29 is 9.59 Å². The third-order valence-corrected chi connectivity index (χ3v) is 2.84. The second-order valence-electron chi connectivity index (χ2n) is 5.00. The minimum absolute atomic E-state index is 0.0386. The number of anilines is 1. The molecule has 5 heteroatoms. The SMILES string of the molecule is CC(C)C(N)C(=O)Nc1ccccc1C(=O)N(C)C. The summed E-state index contributed by atoms with van der Waals surface area (Å²) in [6.45, 7) is 3.75. The molecule has 1 aromatic rings. The number of para-hydroxylation sites is 1. The molecule has 0 heterocycles. The number of carbonyl (C=O) groups is 2. The summed E-state index contributed by atoms with van der Waals surface area (Å²) in [7, 11) is 3.33. The minimum atomic E-state index is -0.595. The Bertz CT molecular complexity index is 470. The highest BCUT2D eigenvalue weighted by atomic mass is 16.2. The summed E-state index contributed by atoms with van der Waals surface area (Å²) in [4.78, 5) is 25.4. The molecule has 104 valence electrons. The average molecular weight is 263 g/mol. The number of rotatable bonds is 4. The Morgan fingerprint density at radius 3 is 2.32 bits per heavy atom. The van der Waals surface area contributed by atoms with Crippen LogP contribution in [0.4, 0.5) is 5.69 Å². The third-order valence-electron chi connectivity index (χ3n) is 2.84. The number of carbonyl (C=O) groups excluding carboxylic acids is 2. The van der Waals surface area contributed by atoms with E-state index in [9.17, 15) is 9.59 Å². The largest absolute Gasteiger partial charge is 0.345 e. The first-order valence-electron chi connectivity index (χ1n) is 6.21. The molecule has 0 aliphatic rings. The highest BCUT2D eigenvalue weighted by molar-refractivity contribution is 6.04. The van der Waals surface area contributed by atoms with Crippen molar-refractivity contribution in [3.63, 3.8) is 0 Å². The smallest absolute Gasteiger partial charge is 0.255 e. The maximum absolute atomic E-state index is 12.0. The topological polar surface area (TPSA) is 75.4 Å². The highest BCUT2D eigenvalue weighted by Crippen LogP contribution is 2.17. The quantitative estimate of drug-likeness (QED) is 0.860. The molecule has 0 fully saturated rings. The fourth-order valence-electron chi connectivity index (χ4n) is 1.54. The van der Waals surface area contributed by atoms with Gasteiger partial charge in [-0.05, 0) is 18.1 Å². The fraction of sp³-hybridized carbons (Fsp3) is 0.429. The Balaban J connectivity index is 2.96. The molecule has 0 bridgehead atoms. The van der Waals surface area contributed by atoms with Gasteiger partial charge in [0.25, 0.3) is 5.91 Å². The van der Waals surface area contributed by atoms with Crippen molar-refractivity contribution in [1.29, 1.82) is 0 Å². The molecule has 1 rings (SSSR count). The van der Waals surface area contributed by atoms with Gasteiger partial charge in [-0.15, -0.1) is 0 Å². The zero-order valence-corrected chi connectivity index (χ0v) is 11.8. The van der Waals surface area contributed by atoms with Crippen molar-refractivity contribution in [1.82, 2.24) is 4.90 Å². The lowest BCUT2D eigenvalue weighted by atomic mass is 10.0. The van der Waals surface area contributed by atoms with Gasteiger partial charge >= 0.3 is 0 Å². The molecular formula is C14H21N3O2. The predicted molar refractivity (Wildman–Crippen MR) is 75.9 cm³/mol. The van der Waals surface area contributed by atoms with Crippen LogP contribution in [0.25, 0.3) is 0 Å². The summed E-state index contributed by atoms with van der Waals surface area (Å²) in [5, 5.41) is 2.72. The zero-order valence-electron chi connectivity index (χ0n) is 11.8. The summed E-state index contributed by atoms with van der Waals surface area (Å²) >= 11 is 0. The molecule has 19 heavy (non-hydrogen) atoms. The van der Waals surface area contributed by atoms with E-state index in [0.29, 0.717) is 11.3 Å². The number of nitrogens with zero attached hydrogens (tertiary/aromatic N) is 1. The van der Waals surface area contributed by atoms with Gasteiger partial charge in [0.2, 0.25) is 5.91 Å². The number of hydrogen-bond acceptors (Lipinski definition) is 3. The average Bonchev–Trinajstić information content (AvgIpc) is 2.37. The lowest BCUT2D eigenvalue weighted by Crippen LogP contribution is -2.40. The fourth-order valence-corrected chi connectivity index (χ4v) is 1.54. The minimum Gasteiger partial charge on any atom is -0.345 e. The van der Waals surface area contributed by atoms with E-state index in [1.165, 1.54) is 4.90 Å². The first-order valence-corrected chi connectivity index (χ1v) is 6.21. The van der Waals surface area contributed by atoms with Crippen LogP contribution in [0.15, 0.2) is 24.3 Å². The molecule has 2 amide bonds. The van der Waals surface area contributed by atoms with Gasteiger partial charge in [-0.2, -0.15) is 0 Å². The molecule has 0 aliphatic carbocycles. The van der Waals surface area contributed by atoms with E-state index in [4.69, 9.17) is 5.73 Å². The molecular weight excluding hydrogens is 242 g/mol. The maximum atomic E-state index is 12.0. The number of amides is 2. The molecule has 0 saturated heterocycles. The summed E-state index contributed by atoms with van der Waals surface area (Å²) < 4.78 is 0. The number of nitrogens with two attached hydrogens (primary N) is 1. The van der Waals surface area contributed by atoms with Crippen LogP contribution >= 0.6 is 0 Å². The first-order chi connectivity index (χ1) is 8.84. The normalized spacial score (nSPS) is 12.1. The monoisotopic (exact) mass is 263 g/mol. The van der Waals surface area contributed by atoms with E-state index >= 15 is 0 Å². The van der Waals surface area contributed by atoms with Crippen LogP contribution < -0.4 is 11.1 Å². The van der Waals surface area contributed by atoms with E-state index < -0.39 is 6.04 Å². The van der Waals surface area contributed by atoms with Crippen molar-refractivity contribution in [3.05, 3.63) is 29.8 Å². The Hall–Kier alpha value is -1.88. The zero-order chi connectivity index (χ0) is 14.6. The van der Waals surface area contributed by atoms with E-state index in [1.54, 1.807) is 38.4 Å². The van der Waals surface area contributed by atoms with E-state index in [0.717, 1.165) is 0 Å². The second kappa shape index (κ2) is 6.33. The van der Waals surface area contributed by atoms with Crippen LogP contribution in [0, 0.1) is 5.92 Å². The summed E-state index contributed by atoms with van der Waals surface area (Å²) in [5.74, 6) is -0.403. The first kappa shape index (κ1) is 15.2. The lowest BCUT2D eigenvalue weighted by molar-refractivity contribution is -0.118. The van der Waals surface area contributed by atoms with E-state index in [-0.39, 0.29) is 17.7 Å². The third kappa shape index (κ3) is 3.79. The van der Waals surface area contributed by atoms with E-state index in [1.807, 2.05) is 13.8 Å². The van der Waals surface area contributed by atoms with Crippen molar-refractivity contribution >= 4 is 17.5 Å². The predicted octanol–water partition coefficient (Wildman–Crippen LogP) is 1.31. The molecule has 0 radical (unpaired) electrons. The van der Waals surface area contributed by atoms with Crippen LogP contribution in [0.2, 0.25) is 0 Å². The molecule has 1 unspecified atom stereocenters. The van der Waals surface area contributed by atoms with Crippen LogP contribution in [-0.4, -0.2) is 36.9 Å². The maximum Gasteiger partial charge on any atom is 0.255 e. The van der Waals surface area contributed by atoms with Crippen molar-refractivity contribution in [2.45, 2.75) is 19.9 Å². The number of nitrogens with one attached hydrogen (secondary N) is 1. The highest BCUT2D eigenvalue weighted by Gasteiger charge is 2.20. The molecule has 0 aromatic heterocycles. The van der Waals surface area contributed by atoms with Gasteiger partial charge in [-0.3, -0.25) is 9.59 Å². The Morgan fingerprint density at radius 1 is 1.21 bits per heavy atom. The Morgan fingerprint density at radius 2 is 1.79 bits per heavy atom. The van der Waals surface area contributed by atoms with Crippen LogP contribution in [0.5, 0.6) is 0 Å². The van der Waals surface area contributed by atoms with Crippen molar-refractivity contribution in [2.75, 3.05) is 19.4 Å². The van der Waals surface area contributed by atoms with Gasteiger partial charge in [0.05, 0.1) is 17.3 Å². The van der Waals surface area contributed by atoms with Gasteiger partial charge < -0.3 is 16.0 Å². The molecule has 0 spiro atoms. The molecule has 0 aliphatic heterocycles. The van der Waals surface area contributed by atoms with Gasteiger partial charge in [-0.1, -0.05) is 26.0 Å². The number of benzene rings is 1. The van der Waals surface area contributed by atoms with Gasteiger partial charge in [0.1, 0.15) is 0 Å². The summed E-state index contributed by atoms with van der Waals surface area (Å²) in [5.41, 5.74) is 6.73. The van der Waals surface area contributed by atoms with Gasteiger partial charge in [0.15, 0.2) is 0 Å². The molecule has 1 atom stereocenters. The van der Waals surface area contributed by atoms with E-state index in [2.05, 4.69) is 5.32 Å². The standard InChI is InChI=1S/C14H21N3O2/c1-9(2)12(15)13(18)16-11-8-6-5-7-10(11)14(19)17(3)4/h5-9,12H,15H2,1-4H3,(H,16,18). The molecule has 3 N–H and O–H groups in total. The lowest BCUT2D eigenvalue weighted by Gasteiger charge is -2.18. The molecule has 5 nitrogen and oxygen atoms in total. The van der Waals surface area contributed by atoms with Crippen LogP contribution in [0.1, 0.15) is 24.2 Å². The number of hydrogen-bond donors (Lipinski definition) is 2. The van der Waals surface area contributed by atoms with Crippen LogP contribution in [0.3, 0.4) is 0 Å². The van der Waals surface area contributed by atoms with Gasteiger partial charge in [-0.25, -0.2) is 0 Å². The van der Waals surface area contributed by atoms with Crippen molar-refractivity contribution in [2.24, 2.45) is 11.7 Å². The van der Waals surface area contributed by atoms with Crippen LogP contribution in [-0.2, 0) is 4.79 Å².